The van der Waals surface area contributed by atoms with Crippen LogP contribution in [0.5, 0.6) is 0 Å². The van der Waals surface area contributed by atoms with E-state index in [0.717, 1.165) is 24.8 Å². The van der Waals surface area contributed by atoms with Crippen molar-refractivity contribution in [3.05, 3.63) is 71.3 Å². The Balaban J connectivity index is 2.05. The van der Waals surface area contributed by atoms with Gasteiger partial charge in [-0.3, -0.25) is 9.59 Å². The molecule has 2 atom stereocenters. The third-order valence-electron chi connectivity index (χ3n) is 5.71. The molecule has 0 aliphatic heterocycles. The van der Waals surface area contributed by atoms with E-state index in [-0.39, 0.29) is 17.9 Å². The van der Waals surface area contributed by atoms with E-state index in [1.807, 2.05) is 39.0 Å². The monoisotopic (exact) mass is 408 g/mol. The lowest BCUT2D eigenvalue weighted by Gasteiger charge is -2.29. The second-order valence-electron chi connectivity index (χ2n) is 7.99. The van der Waals surface area contributed by atoms with E-state index >= 15 is 0 Å². The molecule has 0 spiro atoms. The first kappa shape index (κ1) is 23.7. The molecule has 162 valence electrons. The van der Waals surface area contributed by atoms with E-state index in [4.69, 9.17) is 0 Å². The Morgan fingerprint density at radius 1 is 0.867 bits per heavy atom. The largest absolute Gasteiger partial charge is 0.352 e. The van der Waals surface area contributed by atoms with Gasteiger partial charge in [0.05, 0.1) is 0 Å². The average molecular weight is 409 g/mol. The van der Waals surface area contributed by atoms with E-state index in [0.29, 0.717) is 19.4 Å². The summed E-state index contributed by atoms with van der Waals surface area (Å²) < 4.78 is 0. The minimum Gasteiger partial charge on any atom is -0.352 e. The molecular weight excluding hydrogens is 372 g/mol. The summed E-state index contributed by atoms with van der Waals surface area (Å²) in [6, 6.07) is 18.1. The normalized spacial score (nSPS) is 12.8. The molecule has 2 aromatic carbocycles. The van der Waals surface area contributed by atoms with Gasteiger partial charge in [-0.1, -0.05) is 68.4 Å². The Morgan fingerprint density at radius 3 is 2.07 bits per heavy atom. The van der Waals surface area contributed by atoms with Crippen LogP contribution in [0.25, 0.3) is 0 Å². The van der Waals surface area contributed by atoms with Crippen LogP contribution in [-0.2, 0) is 28.9 Å². The van der Waals surface area contributed by atoms with Crippen molar-refractivity contribution in [3.8, 4) is 0 Å². The van der Waals surface area contributed by atoms with Gasteiger partial charge >= 0.3 is 0 Å². The van der Waals surface area contributed by atoms with Crippen LogP contribution in [0.15, 0.2) is 54.6 Å². The van der Waals surface area contributed by atoms with Crippen molar-refractivity contribution in [3.63, 3.8) is 0 Å². The maximum Gasteiger partial charge on any atom is 0.242 e. The smallest absolute Gasteiger partial charge is 0.242 e. The molecule has 0 saturated heterocycles. The highest BCUT2D eigenvalue weighted by molar-refractivity contribution is 5.87. The van der Waals surface area contributed by atoms with Crippen molar-refractivity contribution < 1.29 is 9.59 Å². The first-order valence-electron chi connectivity index (χ1n) is 11.2. The van der Waals surface area contributed by atoms with Gasteiger partial charge in [0.2, 0.25) is 11.8 Å². The Morgan fingerprint density at radius 2 is 1.47 bits per heavy atom. The minimum atomic E-state index is -0.488. The first-order valence-corrected chi connectivity index (χ1v) is 11.2. The lowest BCUT2D eigenvalue weighted by atomic mass is 10.0. The first-order chi connectivity index (χ1) is 14.4. The van der Waals surface area contributed by atoms with Crippen molar-refractivity contribution in [2.24, 2.45) is 0 Å². The fourth-order valence-corrected chi connectivity index (χ4v) is 3.37. The van der Waals surface area contributed by atoms with Gasteiger partial charge in [0.15, 0.2) is 0 Å². The highest BCUT2D eigenvalue weighted by Gasteiger charge is 2.26. The van der Waals surface area contributed by atoms with Crippen LogP contribution in [0.2, 0.25) is 0 Å². The highest BCUT2D eigenvalue weighted by Crippen LogP contribution is 2.12. The number of carbonyl (C=O) groups is 2. The summed E-state index contributed by atoms with van der Waals surface area (Å²) >= 11 is 0. The molecule has 0 heterocycles. The van der Waals surface area contributed by atoms with Crippen LogP contribution >= 0.6 is 0 Å². The molecule has 0 unspecified atom stereocenters. The lowest BCUT2D eigenvalue weighted by Crippen LogP contribution is -2.50. The van der Waals surface area contributed by atoms with Crippen molar-refractivity contribution in [1.82, 2.24) is 10.2 Å². The molecular formula is C26H36N2O2. The molecule has 0 aliphatic carbocycles. The zero-order valence-corrected chi connectivity index (χ0v) is 18.9. The zero-order valence-electron chi connectivity index (χ0n) is 18.9. The van der Waals surface area contributed by atoms with Crippen LogP contribution in [0.1, 0.15) is 57.2 Å². The number of carbonyl (C=O) groups excluding carboxylic acids is 2. The number of rotatable bonds is 11. The van der Waals surface area contributed by atoms with Crippen LogP contribution in [0.3, 0.4) is 0 Å². The molecule has 0 bridgehead atoms. The van der Waals surface area contributed by atoms with Gasteiger partial charge in [-0.05, 0) is 56.2 Å². The number of benzene rings is 2. The summed E-state index contributed by atoms with van der Waals surface area (Å²) in [7, 11) is 0. The van der Waals surface area contributed by atoms with Crippen LogP contribution in [0, 0.1) is 0 Å². The molecule has 0 fully saturated rings. The van der Waals surface area contributed by atoms with Gasteiger partial charge in [0.25, 0.3) is 0 Å². The van der Waals surface area contributed by atoms with Crippen molar-refractivity contribution in [1.29, 1.82) is 0 Å². The Hall–Kier alpha value is -2.62. The van der Waals surface area contributed by atoms with Crippen LogP contribution in [-0.4, -0.2) is 35.3 Å². The summed E-state index contributed by atoms with van der Waals surface area (Å²) in [5.41, 5.74) is 3.62. The fraction of sp³-hybridized carbons (Fsp3) is 0.462. The molecule has 4 nitrogen and oxygen atoms in total. The number of amides is 2. The average Bonchev–Trinajstić information content (AvgIpc) is 2.78. The second kappa shape index (κ2) is 12.2. The van der Waals surface area contributed by atoms with Gasteiger partial charge in [-0.2, -0.15) is 0 Å². The van der Waals surface area contributed by atoms with E-state index in [1.54, 1.807) is 4.90 Å². The van der Waals surface area contributed by atoms with E-state index in [2.05, 4.69) is 48.6 Å². The molecule has 2 aromatic rings. The second-order valence-corrected chi connectivity index (χ2v) is 7.99. The van der Waals surface area contributed by atoms with Crippen LogP contribution in [0.4, 0.5) is 0 Å². The summed E-state index contributed by atoms with van der Waals surface area (Å²) in [5, 5.41) is 3.02. The summed E-state index contributed by atoms with van der Waals surface area (Å²) in [5.74, 6) is -0.0599. The predicted octanol–water partition coefficient (Wildman–Crippen LogP) is 4.56. The number of aryl methyl sites for hydroxylation is 2. The minimum absolute atomic E-state index is 0.0253. The maximum absolute atomic E-state index is 13.1. The lowest BCUT2D eigenvalue weighted by molar-refractivity contribution is -0.140. The Labute approximate surface area is 181 Å². The highest BCUT2D eigenvalue weighted by atomic mass is 16.2. The SMILES string of the molecule is CCc1ccc(CCC(=O)N(CCc2ccccc2)[C@@H](C)C(=O)N[C@H](C)CC)cc1. The van der Waals surface area contributed by atoms with Gasteiger partial charge in [-0.15, -0.1) is 0 Å². The van der Waals surface area contributed by atoms with Crippen LogP contribution < -0.4 is 5.32 Å². The Bertz CT molecular complexity index is 786. The third kappa shape index (κ3) is 7.33. The number of nitrogens with zero attached hydrogens (tertiary/aromatic N) is 1. The maximum atomic E-state index is 13.1. The molecule has 2 rings (SSSR count). The third-order valence-corrected chi connectivity index (χ3v) is 5.71. The molecule has 4 heteroatoms. The van der Waals surface area contributed by atoms with Crippen molar-refractivity contribution in [2.75, 3.05) is 6.54 Å². The number of hydrogen-bond donors (Lipinski definition) is 1. The van der Waals surface area contributed by atoms with Gasteiger partial charge < -0.3 is 10.2 Å². The van der Waals surface area contributed by atoms with Gasteiger partial charge in [0, 0.05) is 19.0 Å². The number of nitrogens with one attached hydrogen (secondary N) is 1. The Kier molecular flexibility index (Phi) is 9.59. The molecule has 0 saturated carbocycles. The van der Waals surface area contributed by atoms with Gasteiger partial charge in [-0.25, -0.2) is 0 Å². The van der Waals surface area contributed by atoms with Crippen molar-refractivity contribution in [2.45, 2.75) is 71.9 Å². The van der Waals surface area contributed by atoms with E-state index in [1.165, 1.54) is 11.1 Å². The molecule has 0 aromatic heterocycles. The molecule has 0 radical (unpaired) electrons. The summed E-state index contributed by atoms with van der Waals surface area (Å²) in [6.45, 7) is 8.52. The summed E-state index contributed by atoms with van der Waals surface area (Å²) in [6.07, 6.45) is 3.70. The van der Waals surface area contributed by atoms with E-state index in [9.17, 15) is 9.59 Å². The number of hydrogen-bond acceptors (Lipinski definition) is 2. The standard InChI is InChI=1S/C26H36N2O2/c1-5-20(3)27-26(30)21(4)28(19-18-23-10-8-7-9-11-23)25(29)17-16-24-14-12-22(6-2)13-15-24/h7-15,20-21H,5-6,16-19H2,1-4H3,(H,27,30)/t20-,21+/m1/s1. The predicted molar refractivity (Wildman–Crippen MR) is 123 cm³/mol. The molecule has 2 amide bonds. The fourth-order valence-electron chi connectivity index (χ4n) is 3.37. The molecule has 1 N–H and O–H groups in total. The topological polar surface area (TPSA) is 49.4 Å². The zero-order chi connectivity index (χ0) is 21.9. The molecule has 30 heavy (non-hydrogen) atoms. The van der Waals surface area contributed by atoms with E-state index < -0.39 is 6.04 Å². The molecule has 0 aliphatic rings. The quantitative estimate of drug-likeness (QED) is 0.593. The van der Waals surface area contributed by atoms with Gasteiger partial charge in [0.1, 0.15) is 6.04 Å². The summed E-state index contributed by atoms with van der Waals surface area (Å²) in [4.78, 5) is 27.6. The van der Waals surface area contributed by atoms with Crippen molar-refractivity contribution >= 4 is 11.8 Å².